The summed E-state index contributed by atoms with van der Waals surface area (Å²) in [6, 6.07) is 11.8. The minimum atomic E-state index is -3.83. The largest absolute Gasteiger partial charge is 0.497 e. The lowest BCUT2D eigenvalue weighted by Crippen LogP contribution is -2.44. The molecule has 7 rings (SSSR count). The van der Waals surface area contributed by atoms with Gasteiger partial charge >= 0.3 is 0 Å². The van der Waals surface area contributed by atoms with Crippen LogP contribution in [0, 0.1) is 11.3 Å². The van der Waals surface area contributed by atoms with Crippen LogP contribution in [0.2, 0.25) is 0 Å². The molecule has 2 unspecified atom stereocenters. The molecular weight excluding hydrogens is 667 g/mol. The lowest BCUT2D eigenvalue weighted by Gasteiger charge is -2.35. The molecule has 3 aromatic rings. The number of hydrogen-bond acceptors (Lipinski definition) is 8. The highest BCUT2D eigenvalue weighted by molar-refractivity contribution is 7.90. The Labute approximate surface area is 300 Å². The SMILES string of the molecule is C=C(O/C(C)=N\N)C1CCN(C(=O)C23CC2c2cc(OC)ccc2-c2c(C4CCCCC4)c4ccc(C(=O)NS(=O)(=O)C(C)C)cc4n2C3)CC1. The number of likely N-dealkylation sites (tertiary alicyclic amines) is 1. The predicted molar refractivity (Wildman–Crippen MR) is 198 cm³/mol. The Morgan fingerprint density at radius 3 is 2.45 bits per heavy atom. The number of piperidine rings is 1. The molecule has 4 aliphatic rings. The maximum Gasteiger partial charge on any atom is 0.264 e. The second kappa shape index (κ2) is 13.3. The lowest BCUT2D eigenvalue weighted by molar-refractivity contribution is -0.139. The number of methoxy groups -OCH3 is 1. The zero-order chi connectivity index (χ0) is 36.2. The molecule has 51 heavy (non-hydrogen) atoms. The number of hydrazone groups is 1. The van der Waals surface area contributed by atoms with E-state index in [2.05, 4.69) is 33.1 Å². The fourth-order valence-electron chi connectivity index (χ4n) is 8.75. The number of nitrogens with one attached hydrogen (secondary N) is 1. The van der Waals surface area contributed by atoms with Gasteiger partial charge in [-0.15, -0.1) is 5.10 Å². The normalized spacial score (nSPS) is 22.5. The molecule has 2 aliphatic carbocycles. The standard InChI is InChI=1S/C39H49N5O6S/c1-23(2)51(47,48)42-37(45)28-11-13-31-34(19-28)44-22-39(38(46)43-17-15-26(16-18-43)24(3)50-25(4)41-40)21-33(39)32-20-29(49-5)12-14-30(32)36(44)35(31)27-9-7-6-8-10-27/h11-14,19-20,23,26-27,33H,3,6-10,15-18,21-22,40H2,1-2,4-5H3,(H,42,45)/b41-25-. The molecule has 2 aliphatic heterocycles. The molecule has 0 spiro atoms. The van der Waals surface area contributed by atoms with Crippen LogP contribution in [0.1, 0.15) is 105 Å². The average Bonchev–Trinajstić information content (AvgIpc) is 3.80. The first-order chi connectivity index (χ1) is 24.4. The molecule has 2 saturated carbocycles. The minimum Gasteiger partial charge on any atom is -0.497 e. The van der Waals surface area contributed by atoms with Crippen LogP contribution in [-0.2, 0) is 26.1 Å². The molecule has 3 fully saturated rings. The zero-order valence-electron chi connectivity index (χ0n) is 30.0. The van der Waals surface area contributed by atoms with E-state index in [1.54, 1.807) is 33.9 Å². The molecular formula is C39H49N5O6S. The van der Waals surface area contributed by atoms with Gasteiger partial charge < -0.3 is 24.8 Å². The van der Waals surface area contributed by atoms with Gasteiger partial charge in [-0.05, 0) is 93.3 Å². The van der Waals surface area contributed by atoms with E-state index in [4.69, 9.17) is 15.3 Å². The Hall–Kier alpha value is -4.32. The van der Waals surface area contributed by atoms with Crippen molar-refractivity contribution in [1.29, 1.82) is 0 Å². The van der Waals surface area contributed by atoms with E-state index in [0.717, 1.165) is 72.0 Å². The minimum absolute atomic E-state index is 0.00589. The monoisotopic (exact) mass is 715 g/mol. The molecule has 3 N–H and O–H groups in total. The van der Waals surface area contributed by atoms with Crippen molar-refractivity contribution in [2.45, 2.75) is 95.8 Å². The van der Waals surface area contributed by atoms with Gasteiger partial charge in [-0.3, -0.25) is 9.59 Å². The van der Waals surface area contributed by atoms with E-state index in [9.17, 15) is 18.0 Å². The summed E-state index contributed by atoms with van der Waals surface area (Å²) in [5.41, 5.74) is 5.03. The third kappa shape index (κ3) is 6.19. The first-order valence-electron chi connectivity index (χ1n) is 18.2. The Bertz CT molecular complexity index is 2040. The number of carbonyl (C=O) groups excluding carboxylic acids is 2. The fourth-order valence-corrected chi connectivity index (χ4v) is 9.36. The zero-order valence-corrected chi connectivity index (χ0v) is 30.9. The van der Waals surface area contributed by atoms with Gasteiger partial charge in [0, 0.05) is 60.4 Å². The summed E-state index contributed by atoms with van der Waals surface area (Å²) in [6.45, 7) is 10.5. The molecule has 0 radical (unpaired) electrons. The number of fused-ring (bicyclic) bond motifs is 7. The maximum absolute atomic E-state index is 14.8. The molecule has 0 bridgehead atoms. The topological polar surface area (TPSA) is 145 Å². The Morgan fingerprint density at radius 2 is 1.78 bits per heavy atom. The highest BCUT2D eigenvalue weighted by atomic mass is 32.2. The van der Waals surface area contributed by atoms with Gasteiger partial charge in [0.25, 0.3) is 5.91 Å². The van der Waals surface area contributed by atoms with Crippen LogP contribution < -0.4 is 15.3 Å². The number of nitrogens with zero attached hydrogens (tertiary/aromatic N) is 3. The van der Waals surface area contributed by atoms with Crippen LogP contribution in [0.25, 0.3) is 22.2 Å². The maximum atomic E-state index is 14.8. The van der Waals surface area contributed by atoms with Gasteiger partial charge in [0.2, 0.25) is 21.8 Å². The third-order valence-electron chi connectivity index (χ3n) is 11.8. The Morgan fingerprint density at radius 1 is 1.06 bits per heavy atom. The van der Waals surface area contributed by atoms with Crippen molar-refractivity contribution in [2.24, 2.45) is 22.3 Å². The summed E-state index contributed by atoms with van der Waals surface area (Å²) < 4.78 is 41.3. The summed E-state index contributed by atoms with van der Waals surface area (Å²) in [4.78, 5) is 30.3. The van der Waals surface area contributed by atoms with Crippen molar-refractivity contribution in [3.05, 3.63) is 65.4 Å². The van der Waals surface area contributed by atoms with E-state index in [1.165, 1.54) is 12.0 Å². The van der Waals surface area contributed by atoms with Gasteiger partial charge in [0.1, 0.15) is 11.5 Å². The average molecular weight is 716 g/mol. The Balaban J connectivity index is 1.32. The van der Waals surface area contributed by atoms with Gasteiger partial charge in [0.05, 0.1) is 23.5 Å². The van der Waals surface area contributed by atoms with E-state index >= 15 is 0 Å². The van der Waals surface area contributed by atoms with Crippen LogP contribution in [0.4, 0.5) is 0 Å². The van der Waals surface area contributed by atoms with Crippen LogP contribution in [0.3, 0.4) is 0 Å². The fraction of sp³-hybridized carbons (Fsp3) is 0.513. The highest BCUT2D eigenvalue weighted by Crippen LogP contribution is 2.66. The van der Waals surface area contributed by atoms with Gasteiger partial charge in [0.15, 0.2) is 0 Å². The van der Waals surface area contributed by atoms with Crippen molar-refractivity contribution < 1.29 is 27.5 Å². The van der Waals surface area contributed by atoms with Crippen molar-refractivity contribution >= 4 is 38.6 Å². The number of hydrogen-bond donors (Lipinski definition) is 2. The summed E-state index contributed by atoms with van der Waals surface area (Å²) >= 11 is 0. The van der Waals surface area contributed by atoms with Crippen LogP contribution in [-0.4, -0.2) is 61.0 Å². The number of carbonyl (C=O) groups is 2. The summed E-state index contributed by atoms with van der Waals surface area (Å²) in [5, 5.41) is 3.90. The van der Waals surface area contributed by atoms with Crippen molar-refractivity contribution in [1.82, 2.24) is 14.2 Å². The Kier molecular flexibility index (Phi) is 9.18. The number of aromatic nitrogens is 1. The first kappa shape index (κ1) is 35.1. The van der Waals surface area contributed by atoms with Crippen molar-refractivity contribution in [2.75, 3.05) is 20.2 Å². The number of allylic oxidation sites excluding steroid dienone is 1. The first-order valence-corrected chi connectivity index (χ1v) is 19.7. The number of benzene rings is 2. The molecule has 3 heterocycles. The number of ether oxygens (including phenoxy) is 2. The highest BCUT2D eigenvalue weighted by Gasteiger charge is 2.64. The summed E-state index contributed by atoms with van der Waals surface area (Å²) in [5.74, 6) is 7.01. The molecule has 2 aromatic carbocycles. The summed E-state index contributed by atoms with van der Waals surface area (Å²) in [7, 11) is -2.16. The molecule has 1 aromatic heterocycles. The molecule has 2 atom stereocenters. The van der Waals surface area contributed by atoms with Crippen LogP contribution in [0.15, 0.2) is 53.8 Å². The quantitative estimate of drug-likeness (QED) is 0.0905. The molecule has 1 saturated heterocycles. The molecule has 272 valence electrons. The van der Waals surface area contributed by atoms with Gasteiger partial charge in [-0.2, -0.15) is 0 Å². The smallest absolute Gasteiger partial charge is 0.264 e. The lowest BCUT2D eigenvalue weighted by atomic mass is 9.81. The van der Waals surface area contributed by atoms with Crippen molar-refractivity contribution in [3.63, 3.8) is 0 Å². The molecule has 11 nitrogen and oxygen atoms in total. The molecule has 12 heteroatoms. The van der Waals surface area contributed by atoms with Gasteiger partial charge in [-0.1, -0.05) is 31.9 Å². The predicted octanol–water partition coefficient (Wildman–Crippen LogP) is 6.38. The van der Waals surface area contributed by atoms with E-state index in [-0.39, 0.29) is 23.3 Å². The molecule has 2 amide bonds. The second-order valence-electron chi connectivity index (χ2n) is 15.1. The number of amides is 2. The van der Waals surface area contributed by atoms with Crippen LogP contribution >= 0.6 is 0 Å². The van der Waals surface area contributed by atoms with E-state index < -0.39 is 26.6 Å². The number of sulfonamides is 1. The van der Waals surface area contributed by atoms with E-state index in [0.29, 0.717) is 43.6 Å². The van der Waals surface area contributed by atoms with Crippen molar-refractivity contribution in [3.8, 4) is 17.0 Å². The van der Waals surface area contributed by atoms with Gasteiger partial charge in [-0.25, -0.2) is 13.1 Å². The second-order valence-corrected chi connectivity index (χ2v) is 17.3. The van der Waals surface area contributed by atoms with E-state index in [1.807, 2.05) is 23.1 Å². The van der Waals surface area contributed by atoms with Crippen LogP contribution in [0.5, 0.6) is 5.75 Å². The summed E-state index contributed by atoms with van der Waals surface area (Å²) in [6.07, 6.45) is 7.82. The third-order valence-corrected chi connectivity index (χ3v) is 13.5. The number of nitrogens with two attached hydrogens (primary N) is 1. The number of rotatable bonds is 8.